The summed E-state index contributed by atoms with van der Waals surface area (Å²) in [6, 6.07) is 2.58. The van der Waals surface area contributed by atoms with E-state index in [1.54, 1.807) is 0 Å². The van der Waals surface area contributed by atoms with Crippen LogP contribution >= 0.6 is 0 Å². The fourth-order valence-electron chi connectivity index (χ4n) is 2.97. The molecule has 3 aliphatic rings. The van der Waals surface area contributed by atoms with Gasteiger partial charge in [-0.1, -0.05) is 0 Å². The summed E-state index contributed by atoms with van der Waals surface area (Å²) in [7, 11) is -3.57. The lowest BCUT2D eigenvalue weighted by Crippen LogP contribution is -2.59. The minimum absolute atomic E-state index is 0.121. The largest absolute Gasteiger partial charge is 0.298 e. The van der Waals surface area contributed by atoms with Gasteiger partial charge in [0.25, 0.3) is 0 Å². The number of rotatable bonds is 4. The summed E-state index contributed by atoms with van der Waals surface area (Å²) in [6.07, 6.45) is 4.69. The van der Waals surface area contributed by atoms with Crippen LogP contribution in [0.1, 0.15) is 12.8 Å². The van der Waals surface area contributed by atoms with Crippen molar-refractivity contribution in [3.8, 4) is 0 Å². The molecule has 0 saturated carbocycles. The number of nitrogens with one attached hydrogen (secondary N) is 1. The van der Waals surface area contributed by atoms with Gasteiger partial charge in [-0.05, 0) is 38.1 Å². The van der Waals surface area contributed by atoms with Crippen LogP contribution in [-0.2, 0) is 14.8 Å². The van der Waals surface area contributed by atoms with Gasteiger partial charge in [-0.15, -0.1) is 0 Å². The molecule has 6 nitrogen and oxygen atoms in total. The third-order valence-corrected chi connectivity index (χ3v) is 5.57. The molecule has 108 valence electrons. The molecule has 0 radical (unpaired) electrons. The van der Waals surface area contributed by atoms with Crippen molar-refractivity contribution < 1.29 is 13.2 Å². The van der Waals surface area contributed by atoms with Crippen molar-refractivity contribution in [3.05, 3.63) is 24.5 Å². The minimum atomic E-state index is -3.57. The van der Waals surface area contributed by atoms with Crippen LogP contribution in [0.4, 0.5) is 0 Å². The highest BCUT2D eigenvalue weighted by molar-refractivity contribution is 7.89. The summed E-state index contributed by atoms with van der Waals surface area (Å²) in [5.74, 6) is 0.301. The minimum Gasteiger partial charge on any atom is -0.298 e. The van der Waals surface area contributed by atoms with E-state index in [4.69, 9.17) is 0 Å². The van der Waals surface area contributed by atoms with Crippen molar-refractivity contribution in [2.45, 2.75) is 23.8 Å². The first kappa shape index (κ1) is 13.7. The highest BCUT2D eigenvalue weighted by atomic mass is 32.2. The summed E-state index contributed by atoms with van der Waals surface area (Å²) in [6.45, 7) is 1.93. The van der Waals surface area contributed by atoms with Crippen LogP contribution in [0.5, 0.6) is 0 Å². The second-order valence-corrected chi connectivity index (χ2v) is 7.03. The van der Waals surface area contributed by atoms with Crippen molar-refractivity contribution >= 4 is 15.8 Å². The third kappa shape index (κ3) is 2.48. The highest BCUT2D eigenvalue weighted by Crippen LogP contribution is 2.28. The van der Waals surface area contributed by atoms with Gasteiger partial charge in [-0.3, -0.25) is 14.7 Å². The Kier molecular flexibility index (Phi) is 3.57. The molecule has 1 aromatic rings. The fraction of sp³-hybridized carbons (Fsp3) is 0.538. The Hall–Kier alpha value is -1.31. The van der Waals surface area contributed by atoms with E-state index in [0.717, 1.165) is 25.9 Å². The smallest absolute Gasteiger partial charge is 0.240 e. The van der Waals surface area contributed by atoms with Gasteiger partial charge in [0.05, 0.1) is 10.9 Å². The van der Waals surface area contributed by atoms with E-state index in [1.807, 2.05) is 0 Å². The number of fused-ring (bicyclic) bond motifs is 3. The topological polar surface area (TPSA) is 79.4 Å². The fourth-order valence-corrected chi connectivity index (χ4v) is 3.99. The first-order chi connectivity index (χ1) is 9.58. The van der Waals surface area contributed by atoms with Gasteiger partial charge in [0.2, 0.25) is 10.0 Å². The lowest BCUT2D eigenvalue weighted by atomic mass is 9.82. The standard InChI is InChI=1S/C13H17N3O3S/c17-13-10-3-7-16(8-4-10)12(13)9-15-20(18,19)11-1-5-14-6-2-11/h1-2,5-6,10,12,15H,3-4,7-9H2. The van der Waals surface area contributed by atoms with E-state index in [1.165, 1.54) is 24.5 Å². The second-order valence-electron chi connectivity index (χ2n) is 5.26. The molecule has 20 heavy (non-hydrogen) atoms. The van der Waals surface area contributed by atoms with E-state index in [2.05, 4.69) is 14.6 Å². The van der Waals surface area contributed by atoms with E-state index in [9.17, 15) is 13.2 Å². The molecule has 1 unspecified atom stereocenters. The number of nitrogens with zero attached hydrogens (tertiary/aromatic N) is 2. The van der Waals surface area contributed by atoms with Gasteiger partial charge >= 0.3 is 0 Å². The van der Waals surface area contributed by atoms with Crippen LogP contribution in [0.15, 0.2) is 29.4 Å². The average molecular weight is 295 g/mol. The molecular weight excluding hydrogens is 278 g/mol. The number of hydrogen-bond donors (Lipinski definition) is 1. The zero-order chi connectivity index (χ0) is 14.2. The Bertz CT molecular complexity index is 595. The van der Waals surface area contributed by atoms with Crippen molar-refractivity contribution in [2.75, 3.05) is 19.6 Å². The summed E-state index contributed by atoms with van der Waals surface area (Å²) in [5.41, 5.74) is 0. The van der Waals surface area contributed by atoms with E-state index >= 15 is 0 Å². The quantitative estimate of drug-likeness (QED) is 0.847. The van der Waals surface area contributed by atoms with Gasteiger partial charge in [-0.2, -0.15) is 0 Å². The molecule has 1 aromatic heterocycles. The lowest BCUT2D eigenvalue weighted by molar-refractivity contribution is -0.136. The molecule has 3 fully saturated rings. The molecule has 4 heterocycles. The van der Waals surface area contributed by atoms with Crippen LogP contribution in [0, 0.1) is 5.92 Å². The molecular formula is C13H17N3O3S. The van der Waals surface area contributed by atoms with Crippen LogP contribution in [0.3, 0.4) is 0 Å². The number of pyridine rings is 1. The Labute approximate surface area is 118 Å². The average Bonchev–Trinajstić information content (AvgIpc) is 2.48. The number of aromatic nitrogens is 1. The Morgan fingerprint density at radius 2 is 1.90 bits per heavy atom. The molecule has 2 bridgehead atoms. The SMILES string of the molecule is O=C1C2CCN(CC2)C1CNS(=O)(=O)c1ccncc1. The maximum absolute atomic E-state index is 12.2. The summed E-state index contributed by atoms with van der Waals surface area (Å²) in [4.78, 5) is 18.2. The van der Waals surface area contributed by atoms with Gasteiger partial charge < -0.3 is 0 Å². The number of ketones is 1. The first-order valence-corrected chi connectivity index (χ1v) is 8.24. The molecule has 0 aromatic carbocycles. The maximum Gasteiger partial charge on any atom is 0.240 e. The van der Waals surface area contributed by atoms with Crippen LogP contribution in [-0.4, -0.2) is 49.8 Å². The normalized spacial score (nSPS) is 29.6. The Balaban J connectivity index is 1.69. The predicted octanol–water partition coefficient (Wildman–Crippen LogP) is 0.0232. The van der Waals surface area contributed by atoms with Crippen molar-refractivity contribution in [2.24, 2.45) is 5.92 Å². The number of hydrogen-bond acceptors (Lipinski definition) is 5. The van der Waals surface area contributed by atoms with Crippen LogP contribution in [0.25, 0.3) is 0 Å². The zero-order valence-electron chi connectivity index (χ0n) is 11.0. The predicted molar refractivity (Wildman–Crippen MR) is 72.5 cm³/mol. The van der Waals surface area contributed by atoms with Gasteiger partial charge in [-0.25, -0.2) is 13.1 Å². The highest BCUT2D eigenvalue weighted by Gasteiger charge is 2.41. The first-order valence-electron chi connectivity index (χ1n) is 6.75. The van der Waals surface area contributed by atoms with Crippen molar-refractivity contribution in [3.63, 3.8) is 0 Å². The number of sulfonamides is 1. The van der Waals surface area contributed by atoms with E-state index in [0.29, 0.717) is 0 Å². The summed E-state index contributed by atoms with van der Waals surface area (Å²) >= 11 is 0. The Morgan fingerprint density at radius 1 is 1.25 bits per heavy atom. The molecule has 7 heteroatoms. The second kappa shape index (κ2) is 5.23. The van der Waals surface area contributed by atoms with Crippen molar-refractivity contribution in [1.82, 2.24) is 14.6 Å². The molecule has 1 atom stereocenters. The monoisotopic (exact) mass is 295 g/mol. The van der Waals surface area contributed by atoms with Crippen LogP contribution < -0.4 is 4.72 Å². The molecule has 1 N–H and O–H groups in total. The Morgan fingerprint density at radius 3 is 2.50 bits per heavy atom. The van der Waals surface area contributed by atoms with E-state index < -0.39 is 10.0 Å². The molecule has 0 spiro atoms. The molecule has 3 saturated heterocycles. The summed E-state index contributed by atoms with van der Waals surface area (Å²) < 4.78 is 26.8. The van der Waals surface area contributed by atoms with Gasteiger partial charge in [0.15, 0.2) is 5.78 Å². The molecule has 0 aliphatic carbocycles. The molecule has 4 rings (SSSR count). The van der Waals surface area contributed by atoms with Gasteiger partial charge in [0, 0.05) is 24.9 Å². The number of Topliss-reactive ketones (excluding diaryl/α,β-unsaturated/α-hetero) is 1. The third-order valence-electron chi connectivity index (χ3n) is 4.13. The number of piperidine rings is 3. The van der Waals surface area contributed by atoms with Gasteiger partial charge in [0.1, 0.15) is 0 Å². The number of carbonyl (C=O) groups excluding carboxylic acids is 1. The molecule has 3 aliphatic heterocycles. The van der Waals surface area contributed by atoms with Crippen molar-refractivity contribution in [1.29, 1.82) is 0 Å². The lowest BCUT2D eigenvalue weighted by Gasteiger charge is -2.43. The zero-order valence-corrected chi connectivity index (χ0v) is 11.8. The molecule has 0 amide bonds. The van der Waals surface area contributed by atoms with Crippen LogP contribution in [0.2, 0.25) is 0 Å². The summed E-state index contributed by atoms with van der Waals surface area (Å²) in [5, 5.41) is 0. The maximum atomic E-state index is 12.2. The van der Waals surface area contributed by atoms with E-state index in [-0.39, 0.29) is 29.2 Å². The number of carbonyl (C=O) groups is 1.